The maximum absolute atomic E-state index is 12.6. The first-order chi connectivity index (χ1) is 14.9. The summed E-state index contributed by atoms with van der Waals surface area (Å²) in [6.45, 7) is 5.05. The number of benzene rings is 1. The summed E-state index contributed by atoms with van der Waals surface area (Å²) in [5, 5.41) is 12.5. The Morgan fingerprint density at radius 2 is 1.94 bits per heavy atom. The van der Waals surface area contributed by atoms with E-state index in [2.05, 4.69) is 5.16 Å². The zero-order chi connectivity index (χ0) is 22.4. The molecule has 0 N–H and O–H groups in total. The zero-order valence-electron chi connectivity index (χ0n) is 17.4. The first-order valence-corrected chi connectivity index (χ1v) is 9.49. The fourth-order valence-electron chi connectivity index (χ4n) is 3.07. The van der Waals surface area contributed by atoms with Gasteiger partial charge in [-0.05, 0) is 50.6 Å². The number of esters is 1. The normalized spacial score (nSPS) is 10.8. The van der Waals surface area contributed by atoms with Crippen LogP contribution in [0.3, 0.4) is 0 Å². The minimum Gasteiger partial charge on any atom is -0.479 e. The molecule has 0 aliphatic heterocycles. The number of ether oxygens (including phenoxy) is 2. The van der Waals surface area contributed by atoms with Gasteiger partial charge in [-0.2, -0.15) is 5.26 Å². The lowest BCUT2D eigenvalue weighted by molar-refractivity contribution is -0.136. The van der Waals surface area contributed by atoms with E-state index in [1.165, 1.54) is 6.08 Å². The van der Waals surface area contributed by atoms with Crippen molar-refractivity contribution in [2.45, 2.75) is 20.8 Å². The molecule has 0 amide bonds. The largest absolute Gasteiger partial charge is 0.479 e. The van der Waals surface area contributed by atoms with Gasteiger partial charge < -0.3 is 14.0 Å². The summed E-state index contributed by atoms with van der Waals surface area (Å²) in [5.41, 5.74) is 2.73. The Morgan fingerprint density at radius 1 is 1.19 bits per heavy atom. The lowest BCUT2D eigenvalue weighted by atomic mass is 10.1. The second-order valence-electron chi connectivity index (χ2n) is 6.80. The number of carbonyl (C=O) groups is 2. The molecule has 2 aromatic heterocycles. The summed E-state index contributed by atoms with van der Waals surface area (Å²) in [5.74, 6) is 0.889. The molecule has 0 saturated carbocycles. The summed E-state index contributed by atoms with van der Waals surface area (Å²) in [6.07, 6.45) is 2.82. The highest BCUT2D eigenvalue weighted by molar-refractivity contribution is 6.00. The van der Waals surface area contributed by atoms with Crippen LogP contribution in [0.25, 0.3) is 11.9 Å². The van der Waals surface area contributed by atoms with E-state index in [9.17, 15) is 9.59 Å². The second kappa shape index (κ2) is 9.59. The van der Waals surface area contributed by atoms with Crippen molar-refractivity contribution >= 4 is 17.8 Å². The number of aryl methyl sites for hydroxylation is 2. The quantitative estimate of drug-likeness (QED) is 0.311. The van der Waals surface area contributed by atoms with Gasteiger partial charge in [-0.1, -0.05) is 17.3 Å². The molecule has 1 aromatic carbocycles. The second-order valence-corrected chi connectivity index (χ2v) is 6.80. The molecule has 0 unspecified atom stereocenters. The van der Waals surface area contributed by atoms with Gasteiger partial charge in [0.2, 0.25) is 5.78 Å². The van der Waals surface area contributed by atoms with Crippen molar-refractivity contribution in [2.75, 3.05) is 13.2 Å². The van der Waals surface area contributed by atoms with Crippen molar-refractivity contribution in [3.63, 3.8) is 0 Å². The molecule has 0 aliphatic rings. The predicted molar refractivity (Wildman–Crippen MR) is 112 cm³/mol. The van der Waals surface area contributed by atoms with Crippen LogP contribution in [-0.4, -0.2) is 34.7 Å². The Labute approximate surface area is 179 Å². The molecule has 8 heteroatoms. The highest BCUT2D eigenvalue weighted by Crippen LogP contribution is 2.21. The van der Waals surface area contributed by atoms with Gasteiger partial charge in [0, 0.05) is 29.1 Å². The highest BCUT2D eigenvalue weighted by atomic mass is 16.5. The lowest BCUT2D eigenvalue weighted by Crippen LogP contribution is -2.13. The van der Waals surface area contributed by atoms with Gasteiger partial charge >= 0.3 is 5.97 Å². The van der Waals surface area contributed by atoms with Gasteiger partial charge in [0.1, 0.15) is 17.6 Å². The Kier molecular flexibility index (Phi) is 6.67. The van der Waals surface area contributed by atoms with E-state index in [4.69, 9.17) is 19.3 Å². The maximum Gasteiger partial charge on any atom is 0.331 e. The molecule has 8 nitrogen and oxygen atoms in total. The van der Waals surface area contributed by atoms with Gasteiger partial charge in [-0.15, -0.1) is 0 Å². The standard InChI is InChI=1S/C23H21N3O5/c1-15-12-20(17(3)26(15)22-13-16(2)31-25-22)21(27)14-30-23(28)9-6-18-4-7-19(8-5-18)29-11-10-24/h4-9,12-13H,11,14H2,1-3H3/b9-6+. The van der Waals surface area contributed by atoms with Crippen LogP contribution in [0.5, 0.6) is 5.75 Å². The minimum absolute atomic E-state index is 0.0316. The van der Waals surface area contributed by atoms with Crippen LogP contribution in [0, 0.1) is 32.1 Å². The minimum atomic E-state index is -0.626. The molecular weight excluding hydrogens is 398 g/mol. The SMILES string of the molecule is Cc1cc(-n2c(C)cc(C(=O)COC(=O)/C=C/c3ccc(OCC#N)cc3)c2C)no1. The summed E-state index contributed by atoms with van der Waals surface area (Å²) in [4.78, 5) is 24.6. The smallest absolute Gasteiger partial charge is 0.331 e. The van der Waals surface area contributed by atoms with E-state index in [0.717, 1.165) is 11.3 Å². The third-order valence-electron chi connectivity index (χ3n) is 4.52. The van der Waals surface area contributed by atoms with Gasteiger partial charge in [0.25, 0.3) is 0 Å². The first-order valence-electron chi connectivity index (χ1n) is 9.49. The Bertz CT molecular complexity index is 1160. The van der Waals surface area contributed by atoms with Gasteiger partial charge in [0.05, 0.1) is 0 Å². The molecule has 3 rings (SSSR count). The van der Waals surface area contributed by atoms with Crippen molar-refractivity contribution in [2.24, 2.45) is 0 Å². The fourth-order valence-corrected chi connectivity index (χ4v) is 3.07. The van der Waals surface area contributed by atoms with Crippen LogP contribution >= 0.6 is 0 Å². The van der Waals surface area contributed by atoms with Gasteiger partial charge in [-0.25, -0.2) is 4.79 Å². The monoisotopic (exact) mass is 419 g/mol. The van der Waals surface area contributed by atoms with Crippen LogP contribution in [0.1, 0.15) is 33.1 Å². The lowest BCUT2D eigenvalue weighted by Gasteiger charge is -2.05. The fraction of sp³-hybridized carbons (Fsp3) is 0.217. The van der Waals surface area contributed by atoms with Crippen molar-refractivity contribution in [1.29, 1.82) is 5.26 Å². The Morgan fingerprint density at radius 3 is 2.58 bits per heavy atom. The number of Topliss-reactive ketones (excluding diaryl/α,β-unsaturated/α-hetero) is 1. The summed E-state index contributed by atoms with van der Waals surface area (Å²) in [6, 6.07) is 12.3. The van der Waals surface area contributed by atoms with Crippen LogP contribution in [0.2, 0.25) is 0 Å². The molecule has 158 valence electrons. The van der Waals surface area contributed by atoms with Crippen LogP contribution in [0.15, 0.2) is 47.0 Å². The summed E-state index contributed by atoms with van der Waals surface area (Å²) >= 11 is 0. The molecule has 3 aromatic rings. The van der Waals surface area contributed by atoms with Crippen LogP contribution < -0.4 is 4.74 Å². The van der Waals surface area contributed by atoms with Crippen molar-refractivity contribution in [1.82, 2.24) is 9.72 Å². The number of hydrogen-bond acceptors (Lipinski definition) is 7. The molecule has 0 radical (unpaired) electrons. The molecule has 0 bridgehead atoms. The number of nitrogens with zero attached hydrogens (tertiary/aromatic N) is 3. The molecule has 0 aliphatic carbocycles. The Balaban J connectivity index is 1.59. The maximum atomic E-state index is 12.6. The third kappa shape index (κ3) is 5.28. The molecule has 0 atom stereocenters. The average molecular weight is 419 g/mol. The van der Waals surface area contributed by atoms with E-state index in [1.807, 2.05) is 17.6 Å². The van der Waals surface area contributed by atoms with E-state index in [1.54, 1.807) is 56.3 Å². The van der Waals surface area contributed by atoms with Crippen molar-refractivity contribution in [3.8, 4) is 17.6 Å². The number of ketones is 1. The number of rotatable bonds is 8. The Hall–Kier alpha value is -4.12. The molecule has 0 fully saturated rings. The molecular formula is C23H21N3O5. The van der Waals surface area contributed by atoms with Crippen LogP contribution in [-0.2, 0) is 9.53 Å². The topological polar surface area (TPSA) is 107 Å². The van der Waals surface area contributed by atoms with Crippen molar-refractivity contribution in [3.05, 3.63) is 70.7 Å². The number of hydrogen-bond donors (Lipinski definition) is 0. The molecule has 31 heavy (non-hydrogen) atoms. The van der Waals surface area contributed by atoms with E-state index in [-0.39, 0.29) is 19.0 Å². The number of aromatic nitrogens is 2. The predicted octanol–water partition coefficient (Wildman–Crippen LogP) is 3.73. The average Bonchev–Trinajstić information content (AvgIpc) is 3.31. The van der Waals surface area contributed by atoms with Crippen molar-refractivity contribution < 1.29 is 23.6 Å². The summed E-state index contributed by atoms with van der Waals surface area (Å²) < 4.78 is 17.2. The van der Waals surface area contributed by atoms with Crippen LogP contribution in [0.4, 0.5) is 0 Å². The number of nitriles is 1. The summed E-state index contributed by atoms with van der Waals surface area (Å²) in [7, 11) is 0. The van der Waals surface area contributed by atoms with Gasteiger partial charge in [0.15, 0.2) is 19.0 Å². The van der Waals surface area contributed by atoms with E-state index >= 15 is 0 Å². The van der Waals surface area contributed by atoms with E-state index in [0.29, 0.717) is 28.6 Å². The molecule has 0 saturated heterocycles. The molecule has 0 spiro atoms. The van der Waals surface area contributed by atoms with Gasteiger partial charge in [-0.3, -0.25) is 9.36 Å². The van der Waals surface area contributed by atoms with E-state index < -0.39 is 5.97 Å². The molecule has 2 heterocycles. The zero-order valence-corrected chi connectivity index (χ0v) is 17.4. The highest BCUT2D eigenvalue weighted by Gasteiger charge is 2.19. The third-order valence-corrected chi connectivity index (χ3v) is 4.52. The first kappa shape index (κ1) is 21.6. The number of carbonyl (C=O) groups excluding carboxylic acids is 2.